The molecular weight excluding hydrogens is 324 g/mol. The molecule has 6 nitrogen and oxygen atoms in total. The lowest BCUT2D eigenvalue weighted by molar-refractivity contribution is -0.130. The molecule has 0 fully saturated rings. The van der Waals surface area contributed by atoms with Gasteiger partial charge in [-0.15, -0.1) is 0 Å². The number of aliphatic carboxylic acids is 1. The van der Waals surface area contributed by atoms with Crippen LogP contribution in [-0.4, -0.2) is 39.5 Å². The lowest BCUT2D eigenvalue weighted by Crippen LogP contribution is -2.02. The first-order chi connectivity index (χ1) is 12.0. The number of benzene rings is 2. The molecule has 2 rings (SSSR count). The summed E-state index contributed by atoms with van der Waals surface area (Å²) in [6.45, 7) is 0. The summed E-state index contributed by atoms with van der Waals surface area (Å²) in [6.07, 6.45) is 1.57. The van der Waals surface area contributed by atoms with E-state index in [1.807, 2.05) is 0 Å². The lowest BCUT2D eigenvalue weighted by Gasteiger charge is -2.14. The van der Waals surface area contributed by atoms with E-state index in [0.29, 0.717) is 28.6 Å². The van der Waals surface area contributed by atoms with Gasteiger partial charge in [-0.05, 0) is 41.5 Å². The molecule has 0 atom stereocenters. The normalized spacial score (nSPS) is 11.0. The van der Waals surface area contributed by atoms with Crippen LogP contribution in [0.25, 0.3) is 11.6 Å². The topological polar surface area (TPSA) is 74.2 Å². The minimum Gasteiger partial charge on any atom is -0.497 e. The van der Waals surface area contributed by atoms with E-state index in [4.69, 9.17) is 18.9 Å². The Bertz CT molecular complexity index is 752. The predicted octanol–water partition coefficient (Wildman–Crippen LogP) is 3.35. The molecule has 0 radical (unpaired) electrons. The molecular formula is C19H20O6. The number of carboxylic acids is 1. The highest BCUT2D eigenvalue weighted by Crippen LogP contribution is 2.40. The molecule has 0 bridgehead atoms. The van der Waals surface area contributed by atoms with E-state index in [2.05, 4.69) is 0 Å². The number of ether oxygens (including phenoxy) is 4. The number of carbonyl (C=O) groups is 1. The van der Waals surface area contributed by atoms with E-state index in [1.54, 1.807) is 49.6 Å². The highest BCUT2D eigenvalue weighted by molar-refractivity contribution is 6.20. The second kappa shape index (κ2) is 8.10. The van der Waals surface area contributed by atoms with Gasteiger partial charge < -0.3 is 24.1 Å². The first kappa shape index (κ1) is 18.2. The average molecular weight is 344 g/mol. The van der Waals surface area contributed by atoms with Gasteiger partial charge in [-0.3, -0.25) is 0 Å². The van der Waals surface area contributed by atoms with Crippen molar-refractivity contribution < 1.29 is 28.8 Å². The average Bonchev–Trinajstić information content (AvgIpc) is 2.64. The second-order valence-electron chi connectivity index (χ2n) is 5.05. The van der Waals surface area contributed by atoms with Crippen molar-refractivity contribution in [2.24, 2.45) is 0 Å². The fourth-order valence-corrected chi connectivity index (χ4v) is 2.37. The van der Waals surface area contributed by atoms with Crippen LogP contribution in [0.15, 0.2) is 36.4 Å². The molecule has 25 heavy (non-hydrogen) atoms. The third kappa shape index (κ3) is 4.03. The maximum atomic E-state index is 11.8. The Kier molecular flexibility index (Phi) is 5.89. The molecule has 0 saturated heterocycles. The van der Waals surface area contributed by atoms with Crippen LogP contribution in [0.5, 0.6) is 23.0 Å². The molecule has 0 heterocycles. The third-order valence-corrected chi connectivity index (χ3v) is 3.63. The summed E-state index contributed by atoms with van der Waals surface area (Å²) in [4.78, 5) is 11.8. The quantitative estimate of drug-likeness (QED) is 0.613. The summed E-state index contributed by atoms with van der Waals surface area (Å²) in [5.74, 6) is 0.812. The summed E-state index contributed by atoms with van der Waals surface area (Å²) in [5, 5.41) is 9.64. The zero-order valence-corrected chi connectivity index (χ0v) is 14.5. The van der Waals surface area contributed by atoms with Gasteiger partial charge >= 0.3 is 5.97 Å². The molecule has 132 valence electrons. The van der Waals surface area contributed by atoms with E-state index in [9.17, 15) is 9.90 Å². The van der Waals surface area contributed by atoms with Crippen molar-refractivity contribution >= 4 is 17.6 Å². The zero-order chi connectivity index (χ0) is 18.4. The van der Waals surface area contributed by atoms with Crippen molar-refractivity contribution in [2.45, 2.75) is 0 Å². The van der Waals surface area contributed by atoms with Crippen LogP contribution < -0.4 is 18.9 Å². The van der Waals surface area contributed by atoms with Crippen molar-refractivity contribution in [1.82, 2.24) is 0 Å². The Hall–Kier alpha value is -3.15. The fraction of sp³-hybridized carbons (Fsp3) is 0.211. The molecule has 0 saturated carbocycles. The van der Waals surface area contributed by atoms with Gasteiger partial charge in [0.2, 0.25) is 5.75 Å². The van der Waals surface area contributed by atoms with Gasteiger partial charge in [-0.2, -0.15) is 0 Å². The monoisotopic (exact) mass is 344 g/mol. The number of rotatable bonds is 7. The van der Waals surface area contributed by atoms with Crippen molar-refractivity contribution in [1.29, 1.82) is 0 Å². The molecule has 0 aliphatic carbocycles. The highest BCUT2D eigenvalue weighted by atomic mass is 16.5. The number of hydrogen-bond donors (Lipinski definition) is 1. The van der Waals surface area contributed by atoms with Gasteiger partial charge in [0.25, 0.3) is 0 Å². The Morgan fingerprint density at radius 2 is 1.44 bits per heavy atom. The second-order valence-corrected chi connectivity index (χ2v) is 5.05. The van der Waals surface area contributed by atoms with Crippen LogP contribution in [-0.2, 0) is 4.79 Å². The van der Waals surface area contributed by atoms with Gasteiger partial charge in [0.05, 0.1) is 34.0 Å². The molecule has 0 aromatic heterocycles. The summed E-state index contributed by atoms with van der Waals surface area (Å²) >= 11 is 0. The summed E-state index contributed by atoms with van der Waals surface area (Å²) in [5.41, 5.74) is 1.27. The molecule has 0 spiro atoms. The maximum absolute atomic E-state index is 11.8. The van der Waals surface area contributed by atoms with E-state index in [1.165, 1.54) is 21.3 Å². The van der Waals surface area contributed by atoms with Crippen molar-refractivity contribution in [3.05, 3.63) is 47.5 Å². The van der Waals surface area contributed by atoms with Crippen LogP contribution in [0, 0.1) is 0 Å². The van der Waals surface area contributed by atoms with Crippen molar-refractivity contribution in [3.63, 3.8) is 0 Å². The zero-order valence-electron chi connectivity index (χ0n) is 14.5. The van der Waals surface area contributed by atoms with Gasteiger partial charge in [0.1, 0.15) is 5.75 Å². The molecule has 0 aliphatic heterocycles. The molecule has 0 aliphatic rings. The Labute approximate surface area is 146 Å². The van der Waals surface area contributed by atoms with Crippen molar-refractivity contribution in [3.8, 4) is 23.0 Å². The lowest BCUT2D eigenvalue weighted by atomic mass is 10.0. The maximum Gasteiger partial charge on any atom is 0.336 e. The van der Waals surface area contributed by atoms with Crippen LogP contribution in [0.2, 0.25) is 0 Å². The third-order valence-electron chi connectivity index (χ3n) is 3.63. The molecule has 0 amide bonds. The van der Waals surface area contributed by atoms with E-state index >= 15 is 0 Å². The Balaban J connectivity index is 2.56. The molecule has 1 N–H and O–H groups in total. The van der Waals surface area contributed by atoms with E-state index < -0.39 is 5.97 Å². The SMILES string of the molecule is COc1ccc(/C=C(\C(=O)O)c2cc(OC)c(OC)c(OC)c2)cc1. The van der Waals surface area contributed by atoms with E-state index in [0.717, 1.165) is 5.56 Å². The smallest absolute Gasteiger partial charge is 0.336 e. The van der Waals surface area contributed by atoms with Crippen LogP contribution in [0.3, 0.4) is 0 Å². The fourth-order valence-electron chi connectivity index (χ4n) is 2.37. The van der Waals surface area contributed by atoms with Crippen LogP contribution in [0.4, 0.5) is 0 Å². The van der Waals surface area contributed by atoms with Gasteiger partial charge in [-0.25, -0.2) is 4.79 Å². The summed E-state index contributed by atoms with van der Waals surface area (Å²) in [6, 6.07) is 10.3. The predicted molar refractivity (Wildman–Crippen MR) is 94.6 cm³/mol. The largest absolute Gasteiger partial charge is 0.497 e. The molecule has 0 unspecified atom stereocenters. The van der Waals surface area contributed by atoms with Crippen LogP contribution in [0.1, 0.15) is 11.1 Å². The highest BCUT2D eigenvalue weighted by Gasteiger charge is 2.18. The van der Waals surface area contributed by atoms with E-state index in [-0.39, 0.29) is 5.57 Å². The first-order valence-electron chi connectivity index (χ1n) is 7.43. The van der Waals surface area contributed by atoms with Gasteiger partial charge in [-0.1, -0.05) is 12.1 Å². The Morgan fingerprint density at radius 1 is 0.880 bits per heavy atom. The van der Waals surface area contributed by atoms with Crippen LogP contribution >= 0.6 is 0 Å². The minimum absolute atomic E-state index is 0.101. The molecule has 2 aromatic carbocycles. The minimum atomic E-state index is -1.06. The first-order valence-corrected chi connectivity index (χ1v) is 7.43. The molecule has 2 aromatic rings. The molecule has 6 heteroatoms. The number of hydrogen-bond acceptors (Lipinski definition) is 5. The van der Waals surface area contributed by atoms with Gasteiger partial charge in [0.15, 0.2) is 11.5 Å². The summed E-state index contributed by atoms with van der Waals surface area (Å²) in [7, 11) is 6.03. The van der Waals surface area contributed by atoms with Gasteiger partial charge in [0, 0.05) is 0 Å². The number of carboxylic acid groups (broad SMARTS) is 1. The number of methoxy groups -OCH3 is 4. The standard InChI is InChI=1S/C19H20O6/c1-22-14-7-5-12(6-8-14)9-15(19(20)21)13-10-16(23-2)18(25-4)17(11-13)24-3/h5-11H,1-4H3,(H,20,21)/b15-9-. The Morgan fingerprint density at radius 3 is 1.84 bits per heavy atom. The summed E-state index contributed by atoms with van der Waals surface area (Å²) < 4.78 is 21.0. The van der Waals surface area contributed by atoms with Crippen molar-refractivity contribution in [2.75, 3.05) is 28.4 Å².